The molecule has 0 unspecified atom stereocenters. The molecule has 1 aliphatic carbocycles. The number of carbonyl (C=O) groups is 1. The predicted octanol–water partition coefficient (Wildman–Crippen LogP) is 3.10. The number of nitrogens with zero attached hydrogens (tertiary/aromatic N) is 1. The second kappa shape index (κ2) is 7.82. The van der Waals surface area contributed by atoms with Crippen molar-refractivity contribution in [3.63, 3.8) is 0 Å². The van der Waals surface area contributed by atoms with Crippen LogP contribution in [0.2, 0.25) is 0 Å². The van der Waals surface area contributed by atoms with Gasteiger partial charge in [-0.25, -0.2) is 0 Å². The highest BCUT2D eigenvalue weighted by molar-refractivity contribution is 5.74. The van der Waals surface area contributed by atoms with Crippen molar-refractivity contribution in [1.82, 2.24) is 4.90 Å². The van der Waals surface area contributed by atoms with Crippen molar-refractivity contribution < 1.29 is 9.53 Å². The lowest BCUT2D eigenvalue weighted by Gasteiger charge is -2.32. The lowest BCUT2D eigenvalue weighted by Crippen LogP contribution is -2.36. The van der Waals surface area contributed by atoms with Crippen molar-refractivity contribution in [3.05, 3.63) is 29.8 Å². The summed E-state index contributed by atoms with van der Waals surface area (Å²) >= 11 is 0. The van der Waals surface area contributed by atoms with Gasteiger partial charge in [0.15, 0.2) is 0 Å². The van der Waals surface area contributed by atoms with Crippen LogP contribution in [-0.2, 0) is 11.3 Å². The molecule has 0 spiro atoms. The molecule has 1 aromatic rings. The van der Waals surface area contributed by atoms with E-state index < -0.39 is 0 Å². The molecule has 0 radical (unpaired) electrons. The van der Waals surface area contributed by atoms with Gasteiger partial charge in [0.05, 0.1) is 6.10 Å². The normalized spacial score (nSPS) is 23.0. The number of likely N-dealkylation sites (tertiary alicyclic amines) is 1. The Balaban J connectivity index is 1.55. The van der Waals surface area contributed by atoms with Gasteiger partial charge in [0.25, 0.3) is 0 Å². The molecular weight excluding hydrogens is 288 g/mol. The molecule has 1 aliphatic heterocycles. The molecule has 1 atom stereocenters. The summed E-state index contributed by atoms with van der Waals surface area (Å²) in [4.78, 5) is 13.6. The van der Waals surface area contributed by atoms with Crippen molar-refractivity contribution in [2.75, 3.05) is 13.1 Å². The first kappa shape index (κ1) is 16.3. The molecule has 1 heterocycles. The highest BCUT2D eigenvalue weighted by Gasteiger charge is 2.21. The number of nitrogens with two attached hydrogens (primary N) is 1. The van der Waals surface area contributed by atoms with Crippen molar-refractivity contribution >= 4 is 5.91 Å². The van der Waals surface area contributed by atoms with Crippen LogP contribution in [-0.4, -0.2) is 30.0 Å². The quantitative estimate of drug-likeness (QED) is 0.877. The van der Waals surface area contributed by atoms with Crippen LogP contribution in [0.15, 0.2) is 24.3 Å². The van der Waals surface area contributed by atoms with Gasteiger partial charge < -0.3 is 10.5 Å². The largest absolute Gasteiger partial charge is 0.490 e. The molecule has 23 heavy (non-hydrogen) atoms. The predicted molar refractivity (Wildman–Crippen MR) is 91.1 cm³/mol. The Morgan fingerprint density at radius 3 is 2.83 bits per heavy atom. The number of hydrogen-bond acceptors (Lipinski definition) is 3. The van der Waals surface area contributed by atoms with Crippen LogP contribution in [0.1, 0.15) is 50.5 Å². The maximum atomic E-state index is 11.1. The summed E-state index contributed by atoms with van der Waals surface area (Å²) in [5, 5.41) is 0. The SMILES string of the molecule is NC(=O)C[C@@H]1CCCN(Cc2cccc(OC3CCCC3)c2)C1. The van der Waals surface area contributed by atoms with E-state index in [1.54, 1.807) is 0 Å². The summed E-state index contributed by atoms with van der Waals surface area (Å²) in [5.41, 5.74) is 6.64. The van der Waals surface area contributed by atoms with Crippen LogP contribution in [0.4, 0.5) is 0 Å². The van der Waals surface area contributed by atoms with Gasteiger partial charge in [-0.15, -0.1) is 0 Å². The molecule has 4 heteroatoms. The third-order valence-electron chi connectivity index (χ3n) is 5.00. The van der Waals surface area contributed by atoms with E-state index >= 15 is 0 Å². The van der Waals surface area contributed by atoms with Gasteiger partial charge in [0.2, 0.25) is 5.91 Å². The minimum Gasteiger partial charge on any atom is -0.490 e. The first-order valence-electron chi connectivity index (χ1n) is 8.95. The monoisotopic (exact) mass is 316 g/mol. The Labute approximate surface area is 139 Å². The number of ether oxygens (including phenoxy) is 1. The standard InChI is InChI=1S/C19H28N2O2/c20-19(22)12-16-6-4-10-21(14-16)13-15-5-3-9-18(11-15)23-17-7-1-2-8-17/h3,5,9,11,16-17H,1-2,4,6-8,10,12-14H2,(H2,20,22)/t16-/m0/s1. The first-order chi connectivity index (χ1) is 11.2. The molecule has 1 aromatic carbocycles. The van der Waals surface area contributed by atoms with Crippen molar-refractivity contribution in [2.24, 2.45) is 11.7 Å². The van der Waals surface area contributed by atoms with Gasteiger partial charge in [0.1, 0.15) is 5.75 Å². The Morgan fingerprint density at radius 2 is 2.04 bits per heavy atom. The van der Waals surface area contributed by atoms with Gasteiger partial charge in [-0.05, 0) is 68.7 Å². The van der Waals surface area contributed by atoms with Crippen LogP contribution in [0.3, 0.4) is 0 Å². The highest BCUT2D eigenvalue weighted by atomic mass is 16.5. The zero-order valence-corrected chi connectivity index (χ0v) is 13.9. The highest BCUT2D eigenvalue weighted by Crippen LogP contribution is 2.26. The second-order valence-corrected chi connectivity index (χ2v) is 7.09. The Morgan fingerprint density at radius 1 is 1.22 bits per heavy atom. The minimum atomic E-state index is -0.177. The van der Waals surface area contributed by atoms with E-state index in [1.165, 1.54) is 31.2 Å². The van der Waals surface area contributed by atoms with Gasteiger partial charge in [0, 0.05) is 19.5 Å². The molecule has 1 amide bonds. The topological polar surface area (TPSA) is 55.6 Å². The number of carbonyl (C=O) groups excluding carboxylic acids is 1. The molecule has 3 rings (SSSR count). The van der Waals surface area contributed by atoms with E-state index in [1.807, 2.05) is 0 Å². The van der Waals surface area contributed by atoms with Crippen molar-refractivity contribution in [3.8, 4) is 5.75 Å². The van der Waals surface area contributed by atoms with Crippen LogP contribution in [0.25, 0.3) is 0 Å². The van der Waals surface area contributed by atoms with Crippen LogP contribution < -0.4 is 10.5 Å². The fraction of sp³-hybridized carbons (Fsp3) is 0.632. The van der Waals surface area contributed by atoms with Crippen LogP contribution >= 0.6 is 0 Å². The van der Waals surface area contributed by atoms with Gasteiger partial charge in [-0.3, -0.25) is 9.69 Å². The first-order valence-corrected chi connectivity index (χ1v) is 8.95. The van der Waals surface area contributed by atoms with E-state index in [-0.39, 0.29) is 5.91 Å². The molecular formula is C19H28N2O2. The fourth-order valence-corrected chi connectivity index (χ4v) is 3.92. The van der Waals surface area contributed by atoms with Crippen LogP contribution in [0, 0.1) is 5.92 Å². The average molecular weight is 316 g/mol. The lowest BCUT2D eigenvalue weighted by molar-refractivity contribution is -0.119. The zero-order valence-electron chi connectivity index (χ0n) is 13.9. The number of piperidine rings is 1. The number of primary amides is 1. The number of rotatable bonds is 6. The Kier molecular flexibility index (Phi) is 5.55. The van der Waals surface area contributed by atoms with Crippen molar-refractivity contribution in [2.45, 2.75) is 57.6 Å². The van der Waals surface area contributed by atoms with E-state index in [4.69, 9.17) is 10.5 Å². The van der Waals surface area contributed by atoms with Crippen LogP contribution in [0.5, 0.6) is 5.75 Å². The Hall–Kier alpha value is -1.55. The summed E-state index contributed by atoms with van der Waals surface area (Å²) in [5.74, 6) is 1.24. The van der Waals surface area contributed by atoms with Gasteiger partial charge >= 0.3 is 0 Å². The lowest BCUT2D eigenvalue weighted by atomic mass is 9.94. The maximum absolute atomic E-state index is 11.1. The number of amides is 1. The molecule has 0 aromatic heterocycles. The molecule has 2 aliphatic rings. The molecule has 1 saturated heterocycles. The summed E-state index contributed by atoms with van der Waals surface area (Å²) in [6, 6.07) is 8.49. The van der Waals surface area contributed by atoms with E-state index in [2.05, 4.69) is 29.2 Å². The average Bonchev–Trinajstić information content (AvgIpc) is 3.00. The smallest absolute Gasteiger partial charge is 0.217 e. The summed E-state index contributed by atoms with van der Waals surface area (Å²) < 4.78 is 6.10. The van der Waals surface area contributed by atoms with E-state index in [0.717, 1.165) is 38.2 Å². The molecule has 126 valence electrons. The molecule has 2 fully saturated rings. The molecule has 1 saturated carbocycles. The number of benzene rings is 1. The third-order valence-corrected chi connectivity index (χ3v) is 5.00. The number of hydrogen-bond donors (Lipinski definition) is 1. The van der Waals surface area contributed by atoms with E-state index in [9.17, 15) is 4.79 Å². The third kappa shape index (κ3) is 4.96. The molecule has 0 bridgehead atoms. The molecule has 4 nitrogen and oxygen atoms in total. The summed E-state index contributed by atoms with van der Waals surface area (Å²) in [6.45, 7) is 3.00. The summed E-state index contributed by atoms with van der Waals surface area (Å²) in [7, 11) is 0. The summed E-state index contributed by atoms with van der Waals surface area (Å²) in [6.07, 6.45) is 8.14. The van der Waals surface area contributed by atoms with E-state index in [0.29, 0.717) is 18.4 Å². The zero-order chi connectivity index (χ0) is 16.1. The molecule has 2 N–H and O–H groups in total. The minimum absolute atomic E-state index is 0.177. The fourth-order valence-electron chi connectivity index (χ4n) is 3.92. The second-order valence-electron chi connectivity index (χ2n) is 7.09. The Bertz CT molecular complexity index is 526. The van der Waals surface area contributed by atoms with Gasteiger partial charge in [-0.1, -0.05) is 12.1 Å². The van der Waals surface area contributed by atoms with Gasteiger partial charge in [-0.2, -0.15) is 0 Å². The van der Waals surface area contributed by atoms with Crippen molar-refractivity contribution in [1.29, 1.82) is 0 Å². The maximum Gasteiger partial charge on any atom is 0.217 e.